The van der Waals surface area contributed by atoms with Crippen molar-refractivity contribution in [3.05, 3.63) is 34.9 Å². The lowest BCUT2D eigenvalue weighted by molar-refractivity contribution is 0.0925. The van der Waals surface area contributed by atoms with Gasteiger partial charge in [-0.25, -0.2) is 0 Å². The van der Waals surface area contributed by atoms with E-state index in [0.29, 0.717) is 12.1 Å². The number of aryl methyl sites for hydroxylation is 2. The van der Waals surface area contributed by atoms with Crippen molar-refractivity contribution in [1.29, 1.82) is 0 Å². The van der Waals surface area contributed by atoms with E-state index in [0.717, 1.165) is 30.5 Å². The average molecular weight is 246 g/mol. The minimum absolute atomic E-state index is 0.0617. The predicted molar refractivity (Wildman–Crippen MR) is 73.9 cm³/mol. The van der Waals surface area contributed by atoms with Crippen LogP contribution in [0.3, 0.4) is 0 Å². The second-order valence-electron chi connectivity index (χ2n) is 5.37. The van der Waals surface area contributed by atoms with Crippen LogP contribution < -0.4 is 10.6 Å². The molecule has 3 nitrogen and oxygen atoms in total. The van der Waals surface area contributed by atoms with E-state index in [1.165, 1.54) is 5.56 Å². The third-order valence-corrected chi connectivity index (χ3v) is 3.59. The molecule has 0 radical (unpaired) electrons. The molecule has 98 valence electrons. The summed E-state index contributed by atoms with van der Waals surface area (Å²) in [6.07, 6.45) is 2.03. The van der Waals surface area contributed by atoms with Gasteiger partial charge in [0.15, 0.2) is 0 Å². The van der Waals surface area contributed by atoms with Crippen LogP contribution in [0.25, 0.3) is 0 Å². The molecule has 1 fully saturated rings. The van der Waals surface area contributed by atoms with Crippen LogP contribution in [0, 0.1) is 13.8 Å². The standard InChI is InChI=1S/C15H22N2O/c1-10-4-5-14(11(2)8-10)15(18)17-13-6-7-16-12(3)9-13/h4-5,8,12-13,16H,6-7,9H2,1-3H3,(H,17,18). The van der Waals surface area contributed by atoms with Gasteiger partial charge in [-0.1, -0.05) is 17.7 Å². The maximum atomic E-state index is 12.2. The van der Waals surface area contributed by atoms with Gasteiger partial charge in [0.1, 0.15) is 0 Å². The van der Waals surface area contributed by atoms with Gasteiger partial charge in [0, 0.05) is 17.6 Å². The molecule has 0 spiro atoms. The monoisotopic (exact) mass is 246 g/mol. The third kappa shape index (κ3) is 3.10. The molecule has 1 aromatic rings. The van der Waals surface area contributed by atoms with E-state index < -0.39 is 0 Å². The number of piperidine rings is 1. The van der Waals surface area contributed by atoms with Crippen LogP contribution in [0.1, 0.15) is 41.3 Å². The Kier molecular flexibility index (Phi) is 4.02. The second-order valence-corrected chi connectivity index (χ2v) is 5.37. The molecule has 1 aliphatic heterocycles. The van der Waals surface area contributed by atoms with Crippen molar-refractivity contribution in [2.24, 2.45) is 0 Å². The average Bonchev–Trinajstić information content (AvgIpc) is 2.28. The van der Waals surface area contributed by atoms with Gasteiger partial charge in [0.05, 0.1) is 0 Å². The highest BCUT2D eigenvalue weighted by Gasteiger charge is 2.20. The van der Waals surface area contributed by atoms with E-state index in [1.807, 2.05) is 26.0 Å². The van der Waals surface area contributed by atoms with Crippen molar-refractivity contribution in [2.45, 2.75) is 45.7 Å². The first-order valence-corrected chi connectivity index (χ1v) is 6.68. The SMILES string of the molecule is Cc1ccc(C(=O)NC2CCNC(C)C2)c(C)c1. The molecule has 1 heterocycles. The molecule has 1 amide bonds. The molecule has 18 heavy (non-hydrogen) atoms. The molecule has 1 aromatic carbocycles. The fourth-order valence-corrected chi connectivity index (χ4v) is 2.59. The summed E-state index contributed by atoms with van der Waals surface area (Å²) < 4.78 is 0. The van der Waals surface area contributed by atoms with Gasteiger partial charge in [-0.3, -0.25) is 4.79 Å². The van der Waals surface area contributed by atoms with Crippen molar-refractivity contribution < 1.29 is 4.79 Å². The molecule has 0 aliphatic carbocycles. The number of benzene rings is 1. The van der Waals surface area contributed by atoms with Gasteiger partial charge in [0.2, 0.25) is 0 Å². The fourth-order valence-electron chi connectivity index (χ4n) is 2.59. The molecule has 1 saturated heterocycles. The van der Waals surface area contributed by atoms with Crippen molar-refractivity contribution in [3.63, 3.8) is 0 Å². The van der Waals surface area contributed by atoms with E-state index in [2.05, 4.69) is 23.6 Å². The maximum absolute atomic E-state index is 12.2. The minimum atomic E-state index is 0.0617. The number of hydrogen-bond acceptors (Lipinski definition) is 2. The Morgan fingerprint density at radius 3 is 2.83 bits per heavy atom. The van der Waals surface area contributed by atoms with Gasteiger partial charge in [0.25, 0.3) is 5.91 Å². The third-order valence-electron chi connectivity index (χ3n) is 3.59. The number of carbonyl (C=O) groups is 1. The molecule has 2 N–H and O–H groups in total. The summed E-state index contributed by atoms with van der Waals surface area (Å²) in [6.45, 7) is 7.19. The first-order chi connectivity index (χ1) is 8.56. The zero-order chi connectivity index (χ0) is 13.1. The van der Waals surface area contributed by atoms with Gasteiger partial charge >= 0.3 is 0 Å². The number of nitrogens with one attached hydrogen (secondary N) is 2. The van der Waals surface area contributed by atoms with Gasteiger partial charge < -0.3 is 10.6 Å². The number of hydrogen-bond donors (Lipinski definition) is 2. The first-order valence-electron chi connectivity index (χ1n) is 6.68. The lowest BCUT2D eigenvalue weighted by Gasteiger charge is -2.28. The predicted octanol–water partition coefficient (Wildman–Crippen LogP) is 2.17. The summed E-state index contributed by atoms with van der Waals surface area (Å²) in [6, 6.07) is 6.76. The Bertz CT molecular complexity index is 442. The molecule has 0 aromatic heterocycles. The molecule has 2 rings (SSSR count). The highest BCUT2D eigenvalue weighted by molar-refractivity contribution is 5.95. The van der Waals surface area contributed by atoms with Crippen molar-refractivity contribution in [2.75, 3.05) is 6.54 Å². The second kappa shape index (κ2) is 5.53. The molecule has 2 atom stereocenters. The molecule has 0 saturated carbocycles. The summed E-state index contributed by atoms with van der Waals surface area (Å²) in [5.41, 5.74) is 3.04. The van der Waals surface area contributed by atoms with Crippen LogP contribution in [0.4, 0.5) is 0 Å². The van der Waals surface area contributed by atoms with Crippen LogP contribution in [0.2, 0.25) is 0 Å². The van der Waals surface area contributed by atoms with Crippen LogP contribution in [-0.2, 0) is 0 Å². The summed E-state index contributed by atoms with van der Waals surface area (Å²) >= 11 is 0. The number of carbonyl (C=O) groups excluding carboxylic acids is 1. The summed E-state index contributed by atoms with van der Waals surface area (Å²) in [4.78, 5) is 12.2. The molecule has 2 unspecified atom stereocenters. The number of amides is 1. The van der Waals surface area contributed by atoms with Crippen LogP contribution in [0.15, 0.2) is 18.2 Å². The van der Waals surface area contributed by atoms with Crippen molar-refractivity contribution in [1.82, 2.24) is 10.6 Å². The quantitative estimate of drug-likeness (QED) is 0.839. The Morgan fingerprint density at radius 1 is 1.39 bits per heavy atom. The van der Waals surface area contributed by atoms with E-state index in [4.69, 9.17) is 0 Å². The molecular formula is C15H22N2O. The smallest absolute Gasteiger partial charge is 0.251 e. The fraction of sp³-hybridized carbons (Fsp3) is 0.533. The lowest BCUT2D eigenvalue weighted by Crippen LogP contribution is -2.46. The summed E-state index contributed by atoms with van der Waals surface area (Å²) in [5.74, 6) is 0.0617. The largest absolute Gasteiger partial charge is 0.349 e. The summed E-state index contributed by atoms with van der Waals surface area (Å²) in [7, 11) is 0. The van der Waals surface area contributed by atoms with E-state index in [-0.39, 0.29) is 5.91 Å². The maximum Gasteiger partial charge on any atom is 0.251 e. The van der Waals surface area contributed by atoms with Gasteiger partial charge in [-0.05, 0) is 51.8 Å². The Labute approximate surface area is 109 Å². The van der Waals surface area contributed by atoms with Gasteiger partial charge in [-0.15, -0.1) is 0 Å². The Balaban J connectivity index is 2.03. The van der Waals surface area contributed by atoms with Gasteiger partial charge in [-0.2, -0.15) is 0 Å². The molecular weight excluding hydrogens is 224 g/mol. The van der Waals surface area contributed by atoms with E-state index in [1.54, 1.807) is 0 Å². The van der Waals surface area contributed by atoms with E-state index in [9.17, 15) is 4.79 Å². The zero-order valence-corrected chi connectivity index (χ0v) is 11.4. The highest BCUT2D eigenvalue weighted by Crippen LogP contribution is 2.13. The number of rotatable bonds is 2. The molecule has 3 heteroatoms. The Hall–Kier alpha value is -1.35. The van der Waals surface area contributed by atoms with Crippen molar-refractivity contribution in [3.8, 4) is 0 Å². The topological polar surface area (TPSA) is 41.1 Å². The highest BCUT2D eigenvalue weighted by atomic mass is 16.1. The Morgan fingerprint density at radius 2 is 2.17 bits per heavy atom. The normalized spacial score (nSPS) is 23.7. The van der Waals surface area contributed by atoms with Crippen LogP contribution in [0.5, 0.6) is 0 Å². The summed E-state index contributed by atoms with van der Waals surface area (Å²) in [5, 5.41) is 6.54. The molecule has 0 bridgehead atoms. The zero-order valence-electron chi connectivity index (χ0n) is 11.4. The van der Waals surface area contributed by atoms with Crippen LogP contribution in [-0.4, -0.2) is 24.5 Å². The van der Waals surface area contributed by atoms with Crippen molar-refractivity contribution >= 4 is 5.91 Å². The molecule has 1 aliphatic rings. The first kappa shape index (κ1) is 13.1. The lowest BCUT2D eigenvalue weighted by atomic mass is 9.99. The minimum Gasteiger partial charge on any atom is -0.349 e. The van der Waals surface area contributed by atoms with Crippen LogP contribution >= 0.6 is 0 Å². The van der Waals surface area contributed by atoms with E-state index >= 15 is 0 Å².